The fourth-order valence-electron chi connectivity index (χ4n) is 5.10. The number of benzene rings is 2. The predicted molar refractivity (Wildman–Crippen MR) is 127 cm³/mol. The zero-order valence-electron chi connectivity index (χ0n) is 19.3. The van der Waals surface area contributed by atoms with Gasteiger partial charge in [-0.3, -0.25) is 9.69 Å². The van der Waals surface area contributed by atoms with E-state index in [4.69, 9.17) is 9.47 Å². The molecule has 5 rings (SSSR count). The molecule has 0 spiro atoms. The number of morpholine rings is 1. The number of carbonyl (C=O) groups is 1. The van der Waals surface area contributed by atoms with Crippen molar-refractivity contribution in [1.29, 1.82) is 0 Å². The summed E-state index contributed by atoms with van der Waals surface area (Å²) in [5.41, 5.74) is 4.34. The number of anilines is 1. The van der Waals surface area contributed by atoms with Crippen molar-refractivity contribution in [2.45, 2.75) is 32.1 Å². The van der Waals surface area contributed by atoms with Crippen LogP contribution in [0.15, 0.2) is 42.5 Å². The Morgan fingerprint density at radius 1 is 1.06 bits per heavy atom. The second-order valence-electron chi connectivity index (χ2n) is 9.33. The standard InChI is InChI=1S/C26H33N3O4/c1-19-15-29(18-23(30)17-27-9-8-20-4-2-3-5-21(20)16-27)26(31)24-7-6-22(14-25(24)33-19)28-10-12-32-13-11-28/h2-7,14,19,23,30H,8-13,15-18H2,1H3/t19?,23-/m1/s1. The highest BCUT2D eigenvalue weighted by Crippen LogP contribution is 2.31. The zero-order valence-corrected chi connectivity index (χ0v) is 19.3. The van der Waals surface area contributed by atoms with E-state index in [9.17, 15) is 9.90 Å². The number of β-amino-alcohol motifs (C(OH)–C–C–N with tert-alkyl or cyclic N) is 1. The Morgan fingerprint density at radius 3 is 2.67 bits per heavy atom. The van der Waals surface area contributed by atoms with Crippen LogP contribution in [0.1, 0.15) is 28.4 Å². The first kappa shape index (κ1) is 22.2. The van der Waals surface area contributed by atoms with Crippen LogP contribution in [-0.2, 0) is 17.7 Å². The summed E-state index contributed by atoms with van der Waals surface area (Å²) >= 11 is 0. The molecule has 1 saturated heterocycles. The molecule has 1 N–H and O–H groups in total. The second kappa shape index (κ2) is 9.71. The van der Waals surface area contributed by atoms with Crippen molar-refractivity contribution in [2.24, 2.45) is 0 Å². The van der Waals surface area contributed by atoms with Gasteiger partial charge in [-0.25, -0.2) is 0 Å². The molecule has 0 aromatic heterocycles. The fourth-order valence-corrected chi connectivity index (χ4v) is 5.10. The van der Waals surface area contributed by atoms with E-state index in [2.05, 4.69) is 34.1 Å². The quantitative estimate of drug-likeness (QED) is 0.752. The summed E-state index contributed by atoms with van der Waals surface area (Å²) in [6, 6.07) is 14.3. The topological polar surface area (TPSA) is 65.5 Å². The van der Waals surface area contributed by atoms with Crippen LogP contribution in [0.2, 0.25) is 0 Å². The highest BCUT2D eigenvalue weighted by Gasteiger charge is 2.30. The van der Waals surface area contributed by atoms with Crippen LogP contribution in [0, 0.1) is 0 Å². The third kappa shape index (κ3) is 5.00. The molecule has 0 bridgehead atoms. The zero-order chi connectivity index (χ0) is 22.8. The number of hydrogen-bond donors (Lipinski definition) is 1. The molecule has 7 nitrogen and oxygen atoms in total. The van der Waals surface area contributed by atoms with E-state index in [-0.39, 0.29) is 12.0 Å². The van der Waals surface area contributed by atoms with Gasteiger partial charge in [-0.1, -0.05) is 24.3 Å². The summed E-state index contributed by atoms with van der Waals surface area (Å²) in [6.07, 6.45) is 0.236. The third-order valence-electron chi connectivity index (χ3n) is 6.77. The number of nitrogens with zero attached hydrogens (tertiary/aromatic N) is 3. The lowest BCUT2D eigenvalue weighted by atomic mass is 10.00. The van der Waals surface area contributed by atoms with Gasteiger partial charge in [0.2, 0.25) is 0 Å². The Kier molecular flexibility index (Phi) is 6.53. The largest absolute Gasteiger partial charge is 0.488 e. The van der Waals surface area contributed by atoms with Crippen molar-refractivity contribution in [3.63, 3.8) is 0 Å². The predicted octanol–water partition coefficient (Wildman–Crippen LogP) is 2.17. The highest BCUT2D eigenvalue weighted by atomic mass is 16.5. The van der Waals surface area contributed by atoms with E-state index < -0.39 is 6.10 Å². The molecule has 2 atom stereocenters. The van der Waals surface area contributed by atoms with E-state index in [1.165, 1.54) is 11.1 Å². The smallest absolute Gasteiger partial charge is 0.257 e. The third-order valence-corrected chi connectivity index (χ3v) is 6.77. The average molecular weight is 452 g/mol. The first-order valence-corrected chi connectivity index (χ1v) is 12.0. The Labute approximate surface area is 195 Å². The number of hydrogen-bond acceptors (Lipinski definition) is 6. The molecule has 3 aliphatic heterocycles. The van der Waals surface area contributed by atoms with Crippen molar-refractivity contribution < 1.29 is 19.4 Å². The van der Waals surface area contributed by atoms with Gasteiger partial charge in [0, 0.05) is 51.0 Å². The number of aliphatic hydroxyl groups excluding tert-OH is 1. The first-order chi connectivity index (χ1) is 16.1. The molecular formula is C26H33N3O4. The maximum absolute atomic E-state index is 13.3. The average Bonchev–Trinajstić information content (AvgIpc) is 2.94. The number of amides is 1. The number of fused-ring (bicyclic) bond motifs is 2. The van der Waals surface area contributed by atoms with Crippen molar-refractivity contribution in [3.05, 3.63) is 59.2 Å². The van der Waals surface area contributed by atoms with Gasteiger partial charge in [-0.2, -0.15) is 0 Å². The SMILES string of the molecule is CC1CN(C[C@H](O)CN2CCc3ccccc3C2)C(=O)c2ccc(N3CCOCC3)cc2O1. The summed E-state index contributed by atoms with van der Waals surface area (Å²) in [5.74, 6) is 0.548. The monoisotopic (exact) mass is 451 g/mol. The molecule has 0 radical (unpaired) electrons. The molecule has 0 saturated carbocycles. The van der Waals surface area contributed by atoms with Crippen LogP contribution in [-0.4, -0.2) is 85.5 Å². The summed E-state index contributed by atoms with van der Waals surface area (Å²) < 4.78 is 11.6. The summed E-state index contributed by atoms with van der Waals surface area (Å²) in [6.45, 7) is 8.14. The maximum atomic E-state index is 13.3. The summed E-state index contributed by atoms with van der Waals surface area (Å²) in [5, 5.41) is 10.9. The minimum atomic E-state index is -0.611. The Bertz CT molecular complexity index is 991. The lowest BCUT2D eigenvalue weighted by Crippen LogP contribution is -2.45. The highest BCUT2D eigenvalue weighted by molar-refractivity contribution is 5.98. The van der Waals surface area contributed by atoms with Gasteiger partial charge in [-0.15, -0.1) is 0 Å². The Hall–Kier alpha value is -2.61. The van der Waals surface area contributed by atoms with Gasteiger partial charge >= 0.3 is 0 Å². The number of ether oxygens (including phenoxy) is 2. The fraction of sp³-hybridized carbons (Fsp3) is 0.500. The van der Waals surface area contributed by atoms with E-state index in [1.807, 2.05) is 25.1 Å². The second-order valence-corrected chi connectivity index (χ2v) is 9.33. The number of carbonyl (C=O) groups excluding carboxylic acids is 1. The van der Waals surface area contributed by atoms with Crippen LogP contribution >= 0.6 is 0 Å². The van der Waals surface area contributed by atoms with E-state index >= 15 is 0 Å². The lowest BCUT2D eigenvalue weighted by molar-refractivity contribution is 0.0454. The van der Waals surface area contributed by atoms with Crippen LogP contribution in [0.4, 0.5) is 5.69 Å². The molecule has 33 heavy (non-hydrogen) atoms. The van der Waals surface area contributed by atoms with E-state index in [1.54, 1.807) is 4.90 Å². The molecule has 2 aromatic rings. The molecular weight excluding hydrogens is 418 g/mol. The van der Waals surface area contributed by atoms with Crippen molar-refractivity contribution in [2.75, 3.05) is 57.4 Å². The molecule has 1 unspecified atom stereocenters. The molecule has 2 aromatic carbocycles. The van der Waals surface area contributed by atoms with Gasteiger partial charge in [0.1, 0.15) is 11.9 Å². The van der Waals surface area contributed by atoms with Crippen LogP contribution in [0.25, 0.3) is 0 Å². The lowest BCUT2D eigenvalue weighted by Gasteiger charge is -2.32. The molecule has 176 valence electrons. The molecule has 1 fully saturated rings. The van der Waals surface area contributed by atoms with Gasteiger partial charge < -0.3 is 24.4 Å². The van der Waals surface area contributed by atoms with Gasteiger partial charge in [0.25, 0.3) is 5.91 Å². The van der Waals surface area contributed by atoms with Gasteiger partial charge in [-0.05, 0) is 36.6 Å². The van der Waals surface area contributed by atoms with E-state index in [0.717, 1.165) is 38.3 Å². The molecule has 0 aliphatic carbocycles. The summed E-state index contributed by atoms with van der Waals surface area (Å²) in [7, 11) is 0. The summed E-state index contributed by atoms with van der Waals surface area (Å²) in [4.78, 5) is 19.6. The van der Waals surface area contributed by atoms with Crippen molar-refractivity contribution in [1.82, 2.24) is 9.80 Å². The first-order valence-electron chi connectivity index (χ1n) is 12.0. The van der Waals surface area contributed by atoms with Crippen molar-refractivity contribution in [3.8, 4) is 5.75 Å². The molecule has 3 aliphatic rings. The Morgan fingerprint density at radius 2 is 1.85 bits per heavy atom. The molecule has 3 heterocycles. The normalized spacial score (nSPS) is 22.2. The maximum Gasteiger partial charge on any atom is 0.257 e. The molecule has 1 amide bonds. The number of rotatable bonds is 5. The minimum absolute atomic E-state index is 0.0779. The van der Waals surface area contributed by atoms with Crippen LogP contribution in [0.5, 0.6) is 5.75 Å². The molecule has 7 heteroatoms. The van der Waals surface area contributed by atoms with E-state index in [0.29, 0.717) is 44.2 Å². The van der Waals surface area contributed by atoms with Crippen LogP contribution < -0.4 is 9.64 Å². The van der Waals surface area contributed by atoms with Gasteiger partial charge in [0.15, 0.2) is 0 Å². The Balaban J connectivity index is 1.25. The van der Waals surface area contributed by atoms with Gasteiger partial charge in [0.05, 0.1) is 31.4 Å². The van der Waals surface area contributed by atoms with Crippen molar-refractivity contribution >= 4 is 11.6 Å². The number of aliphatic hydroxyl groups is 1. The van der Waals surface area contributed by atoms with Crippen LogP contribution in [0.3, 0.4) is 0 Å². The minimum Gasteiger partial charge on any atom is -0.488 e.